The minimum Gasteiger partial charge on any atom is -0.355 e. The Kier molecular flexibility index (Phi) is 8.78. The van der Waals surface area contributed by atoms with Gasteiger partial charge in [-0.2, -0.15) is 0 Å². The Morgan fingerprint density at radius 1 is 1.27 bits per heavy atom. The van der Waals surface area contributed by atoms with Crippen molar-refractivity contribution >= 4 is 12.0 Å². The van der Waals surface area contributed by atoms with Crippen LogP contribution in [0.15, 0.2) is 30.3 Å². The highest BCUT2D eigenvalue weighted by atomic mass is 19.1. The Labute approximate surface area is 157 Å². The molecule has 1 aromatic rings. The number of piperidine rings is 1. The van der Waals surface area contributed by atoms with Crippen molar-refractivity contribution in [3.63, 3.8) is 0 Å². The maximum Gasteiger partial charge on any atom is 0.220 e. The molecule has 1 aliphatic rings. The first-order valence-electron chi connectivity index (χ1n) is 9.59. The molecule has 144 valence electrons. The summed E-state index contributed by atoms with van der Waals surface area (Å²) in [5.41, 5.74) is 1.03. The van der Waals surface area contributed by atoms with Gasteiger partial charge in [0.15, 0.2) is 0 Å². The molecule has 1 aliphatic heterocycles. The molecule has 1 fully saturated rings. The van der Waals surface area contributed by atoms with Crippen molar-refractivity contribution in [2.24, 2.45) is 5.92 Å². The van der Waals surface area contributed by atoms with Crippen LogP contribution in [0.2, 0.25) is 0 Å². The van der Waals surface area contributed by atoms with Gasteiger partial charge in [-0.3, -0.25) is 9.69 Å². The van der Waals surface area contributed by atoms with Crippen LogP contribution in [0.1, 0.15) is 31.2 Å². The maximum atomic E-state index is 12.9. The maximum absolute atomic E-state index is 12.9. The number of amides is 1. The number of likely N-dealkylation sites (tertiary alicyclic amines) is 1. The lowest BCUT2D eigenvalue weighted by molar-refractivity contribution is -0.121. The molecule has 0 unspecified atom stereocenters. The van der Waals surface area contributed by atoms with Gasteiger partial charge in [-0.1, -0.05) is 24.3 Å². The Morgan fingerprint density at radius 2 is 1.96 bits per heavy atom. The Hall–Kier alpha value is -1.72. The second-order valence-corrected chi connectivity index (χ2v) is 7.39. The number of rotatable bonds is 9. The summed E-state index contributed by atoms with van der Waals surface area (Å²) in [6.07, 6.45) is 8.15. The van der Waals surface area contributed by atoms with Gasteiger partial charge in [0.1, 0.15) is 5.82 Å². The van der Waals surface area contributed by atoms with Gasteiger partial charge >= 0.3 is 0 Å². The molecule has 0 saturated carbocycles. The first-order valence-corrected chi connectivity index (χ1v) is 9.59. The van der Waals surface area contributed by atoms with Crippen LogP contribution in [0.4, 0.5) is 4.39 Å². The van der Waals surface area contributed by atoms with Crippen LogP contribution in [0, 0.1) is 11.7 Å². The third-order valence-corrected chi connectivity index (χ3v) is 4.91. The van der Waals surface area contributed by atoms with Crippen molar-refractivity contribution in [3.8, 4) is 0 Å². The predicted octanol–water partition coefficient (Wildman–Crippen LogP) is 3.01. The van der Waals surface area contributed by atoms with Gasteiger partial charge in [0.2, 0.25) is 5.91 Å². The lowest BCUT2D eigenvalue weighted by atomic mass is 9.92. The summed E-state index contributed by atoms with van der Waals surface area (Å²) in [6.45, 7) is 4.71. The molecule has 1 saturated heterocycles. The van der Waals surface area contributed by atoms with Gasteiger partial charge < -0.3 is 10.2 Å². The quantitative estimate of drug-likeness (QED) is 0.734. The molecule has 0 aromatic heterocycles. The number of carbonyl (C=O) groups is 1. The fourth-order valence-electron chi connectivity index (χ4n) is 3.21. The second-order valence-electron chi connectivity index (χ2n) is 7.39. The average molecular weight is 362 g/mol. The summed E-state index contributed by atoms with van der Waals surface area (Å²) in [7, 11) is 4.02. The molecule has 26 heavy (non-hydrogen) atoms. The number of hydrogen-bond donors (Lipinski definition) is 1. The highest BCUT2D eigenvalue weighted by Gasteiger charge is 2.19. The fourth-order valence-corrected chi connectivity index (χ4v) is 3.21. The molecule has 0 bridgehead atoms. The first-order chi connectivity index (χ1) is 12.5. The van der Waals surface area contributed by atoms with E-state index in [2.05, 4.69) is 21.2 Å². The van der Waals surface area contributed by atoms with Crippen LogP contribution in [0.3, 0.4) is 0 Å². The normalized spacial score (nSPS) is 16.5. The van der Waals surface area contributed by atoms with E-state index in [9.17, 15) is 9.18 Å². The van der Waals surface area contributed by atoms with Gasteiger partial charge in [-0.15, -0.1) is 0 Å². The topological polar surface area (TPSA) is 35.6 Å². The fraction of sp³-hybridized carbons (Fsp3) is 0.571. The zero-order valence-corrected chi connectivity index (χ0v) is 16.1. The highest BCUT2D eigenvalue weighted by Crippen LogP contribution is 2.21. The minimum atomic E-state index is -0.199. The standard InChI is InChI=1S/C21H32FN3O/c1-24(2)17-13-23-21(26)10-7-19-11-15-25(16-12-19)14-3-4-18-5-8-20(22)9-6-18/h3-6,8-9,19H,7,10-17H2,1-2H3,(H,23,26). The van der Waals surface area contributed by atoms with Crippen LogP contribution in [0.25, 0.3) is 6.08 Å². The molecule has 1 aromatic carbocycles. The second kappa shape index (κ2) is 11.1. The average Bonchev–Trinajstić information content (AvgIpc) is 2.62. The number of nitrogens with zero attached hydrogens (tertiary/aromatic N) is 2. The van der Waals surface area contributed by atoms with Gasteiger partial charge in [-0.25, -0.2) is 4.39 Å². The summed E-state index contributed by atoms with van der Waals surface area (Å²) in [5.74, 6) is 0.638. The summed E-state index contributed by atoms with van der Waals surface area (Å²) in [6, 6.07) is 6.56. The van der Waals surface area contributed by atoms with E-state index in [0.29, 0.717) is 12.3 Å². The van der Waals surface area contributed by atoms with E-state index in [1.54, 1.807) is 12.1 Å². The lowest BCUT2D eigenvalue weighted by Gasteiger charge is -2.31. The van der Waals surface area contributed by atoms with Crippen molar-refractivity contribution in [2.45, 2.75) is 25.7 Å². The van der Waals surface area contributed by atoms with Crippen molar-refractivity contribution in [3.05, 3.63) is 41.7 Å². The first kappa shape index (κ1) is 20.6. The molecule has 0 aliphatic carbocycles. The van der Waals surface area contributed by atoms with Crippen LogP contribution >= 0.6 is 0 Å². The number of nitrogens with one attached hydrogen (secondary N) is 1. The third-order valence-electron chi connectivity index (χ3n) is 4.91. The summed E-state index contributed by atoms with van der Waals surface area (Å²) >= 11 is 0. The van der Waals surface area contributed by atoms with E-state index in [-0.39, 0.29) is 11.7 Å². The zero-order chi connectivity index (χ0) is 18.8. The van der Waals surface area contributed by atoms with Crippen molar-refractivity contribution in [1.29, 1.82) is 0 Å². The molecule has 5 heteroatoms. The molecule has 0 atom stereocenters. The van der Waals surface area contributed by atoms with Gasteiger partial charge in [0, 0.05) is 26.1 Å². The van der Waals surface area contributed by atoms with Gasteiger partial charge in [-0.05, 0) is 70.1 Å². The zero-order valence-electron chi connectivity index (χ0n) is 16.1. The van der Waals surface area contributed by atoms with Crippen molar-refractivity contribution in [2.75, 3.05) is 46.8 Å². The number of carbonyl (C=O) groups excluding carboxylic acids is 1. The molecular weight excluding hydrogens is 329 g/mol. The number of likely N-dealkylation sites (N-methyl/N-ethyl adjacent to an activating group) is 1. The minimum absolute atomic E-state index is 0.177. The SMILES string of the molecule is CN(C)CCNC(=O)CCC1CCN(CC=Cc2ccc(F)cc2)CC1. The van der Waals surface area contributed by atoms with Crippen LogP contribution in [-0.2, 0) is 4.79 Å². The third kappa shape index (κ3) is 8.11. The van der Waals surface area contributed by atoms with Gasteiger partial charge in [0.25, 0.3) is 0 Å². The highest BCUT2D eigenvalue weighted by molar-refractivity contribution is 5.75. The number of hydrogen-bond acceptors (Lipinski definition) is 3. The van der Waals surface area contributed by atoms with Crippen LogP contribution < -0.4 is 5.32 Å². The summed E-state index contributed by atoms with van der Waals surface area (Å²) in [4.78, 5) is 16.4. The van der Waals surface area contributed by atoms with Gasteiger partial charge in [0.05, 0.1) is 0 Å². The van der Waals surface area contributed by atoms with Crippen molar-refractivity contribution < 1.29 is 9.18 Å². The molecule has 0 spiro atoms. The Morgan fingerprint density at radius 3 is 2.62 bits per heavy atom. The summed E-state index contributed by atoms with van der Waals surface area (Å²) in [5, 5.41) is 2.99. The van der Waals surface area contributed by atoms with E-state index in [0.717, 1.165) is 57.5 Å². The lowest BCUT2D eigenvalue weighted by Crippen LogP contribution is -2.35. The van der Waals surface area contributed by atoms with E-state index in [1.165, 1.54) is 12.1 Å². The van der Waals surface area contributed by atoms with E-state index >= 15 is 0 Å². The van der Waals surface area contributed by atoms with Crippen LogP contribution in [0.5, 0.6) is 0 Å². The van der Waals surface area contributed by atoms with E-state index in [1.807, 2.05) is 20.2 Å². The monoisotopic (exact) mass is 361 g/mol. The summed E-state index contributed by atoms with van der Waals surface area (Å²) < 4.78 is 12.9. The molecule has 1 amide bonds. The van der Waals surface area contributed by atoms with E-state index in [4.69, 9.17) is 0 Å². The van der Waals surface area contributed by atoms with Crippen molar-refractivity contribution in [1.82, 2.24) is 15.1 Å². The Bertz CT molecular complexity index is 563. The molecule has 0 radical (unpaired) electrons. The largest absolute Gasteiger partial charge is 0.355 e. The van der Waals surface area contributed by atoms with E-state index < -0.39 is 0 Å². The number of benzene rings is 1. The predicted molar refractivity (Wildman–Crippen MR) is 105 cm³/mol. The number of halogens is 1. The molecule has 1 N–H and O–H groups in total. The smallest absolute Gasteiger partial charge is 0.220 e. The van der Waals surface area contributed by atoms with Crippen LogP contribution in [-0.4, -0.2) is 62.5 Å². The molecule has 1 heterocycles. The molecular formula is C21H32FN3O. The molecule has 4 nitrogen and oxygen atoms in total. The Balaban J connectivity index is 1.58. The molecule has 2 rings (SSSR count).